The molecule has 0 bridgehead atoms. The Hall–Kier alpha value is -1.76. The van der Waals surface area contributed by atoms with E-state index >= 15 is 0 Å². The van der Waals surface area contributed by atoms with Crippen LogP contribution in [0.3, 0.4) is 0 Å². The van der Waals surface area contributed by atoms with Crippen molar-refractivity contribution in [1.29, 1.82) is 0 Å². The molecule has 22 heavy (non-hydrogen) atoms. The summed E-state index contributed by atoms with van der Waals surface area (Å²) in [5, 5.41) is 0. The van der Waals surface area contributed by atoms with Gasteiger partial charge in [0.25, 0.3) is 0 Å². The molecule has 2 N–H and O–H groups in total. The second-order valence-electron chi connectivity index (χ2n) is 4.46. The molecule has 0 fully saturated rings. The first kappa shape index (κ1) is 16.6. The van der Waals surface area contributed by atoms with Crippen molar-refractivity contribution < 1.29 is 36.3 Å². The van der Waals surface area contributed by atoms with Gasteiger partial charge in [-0.15, -0.1) is 0 Å². The van der Waals surface area contributed by atoms with Gasteiger partial charge in [0.1, 0.15) is 0 Å². The lowest BCUT2D eigenvalue weighted by Gasteiger charge is -2.09. The molecule has 9 heteroatoms. The average molecular weight is 338 g/mol. The van der Waals surface area contributed by atoms with Gasteiger partial charge < -0.3 is 9.79 Å². The Morgan fingerprint density at radius 3 is 1.59 bits per heavy atom. The van der Waals surface area contributed by atoms with Crippen molar-refractivity contribution in [3.8, 4) is 11.1 Å². The fourth-order valence-electron chi connectivity index (χ4n) is 1.87. The van der Waals surface area contributed by atoms with Gasteiger partial charge in [0.05, 0.1) is 11.7 Å². The minimum Gasteiger partial charge on any atom is -0.324 e. The van der Waals surface area contributed by atoms with E-state index in [0.717, 1.165) is 24.3 Å². The van der Waals surface area contributed by atoms with Gasteiger partial charge in [0, 0.05) is 0 Å². The first-order valence-electron chi connectivity index (χ1n) is 5.77. The molecule has 0 aliphatic rings. The first-order valence-corrected chi connectivity index (χ1v) is 7.57. The molecule has 0 aliphatic heterocycles. The summed E-state index contributed by atoms with van der Waals surface area (Å²) in [6.07, 6.45) is -0.607. The molecule has 0 amide bonds. The van der Waals surface area contributed by atoms with Crippen molar-refractivity contribution in [2.45, 2.75) is 6.16 Å². The second kappa shape index (κ2) is 5.79. The van der Waals surface area contributed by atoms with Gasteiger partial charge in [-0.05, 0) is 11.1 Å². The number of hydrogen-bond donors (Lipinski definition) is 2. The van der Waals surface area contributed by atoms with Crippen LogP contribution in [0.5, 0.6) is 0 Å². The SMILES string of the molecule is O=P(O)(O)Cc1ccc(-c2c(F)c(F)c(F)c(F)c2F)cc1. The van der Waals surface area contributed by atoms with E-state index in [1.807, 2.05) is 0 Å². The fourth-order valence-corrected chi connectivity index (χ4v) is 2.56. The summed E-state index contributed by atoms with van der Waals surface area (Å²) < 4.78 is 77.3. The monoisotopic (exact) mass is 338 g/mol. The van der Waals surface area contributed by atoms with Crippen LogP contribution in [0, 0.1) is 29.1 Å². The minimum atomic E-state index is -4.33. The van der Waals surface area contributed by atoms with Crippen LogP contribution in [-0.4, -0.2) is 9.79 Å². The van der Waals surface area contributed by atoms with Gasteiger partial charge in [-0.25, -0.2) is 22.0 Å². The van der Waals surface area contributed by atoms with Crippen molar-refractivity contribution >= 4 is 7.60 Å². The van der Waals surface area contributed by atoms with Gasteiger partial charge in [-0.3, -0.25) is 4.57 Å². The highest BCUT2D eigenvalue weighted by Gasteiger charge is 2.26. The minimum absolute atomic E-state index is 0.154. The standard InChI is InChI=1S/C13H8F5O3P/c14-9-8(10(15)12(17)13(18)11(9)16)7-3-1-6(2-4-7)5-22(19,20)21/h1-4H,5H2,(H2,19,20,21). The molecular weight excluding hydrogens is 330 g/mol. The van der Waals surface area contributed by atoms with Gasteiger partial charge in [0.15, 0.2) is 23.3 Å². The van der Waals surface area contributed by atoms with E-state index in [0.29, 0.717) is 0 Å². The van der Waals surface area contributed by atoms with Crippen LogP contribution in [0.2, 0.25) is 0 Å². The van der Waals surface area contributed by atoms with Crippen molar-refractivity contribution in [2.24, 2.45) is 0 Å². The van der Waals surface area contributed by atoms with Crippen LogP contribution in [0.1, 0.15) is 5.56 Å². The summed E-state index contributed by atoms with van der Waals surface area (Å²) in [4.78, 5) is 17.6. The van der Waals surface area contributed by atoms with Crippen LogP contribution in [0.25, 0.3) is 11.1 Å². The van der Waals surface area contributed by atoms with Crippen LogP contribution in [0.4, 0.5) is 22.0 Å². The second-order valence-corrected chi connectivity index (χ2v) is 6.11. The van der Waals surface area contributed by atoms with Gasteiger partial charge >= 0.3 is 7.60 Å². The van der Waals surface area contributed by atoms with E-state index in [1.54, 1.807) is 0 Å². The highest BCUT2D eigenvalue weighted by Crippen LogP contribution is 2.39. The summed E-state index contributed by atoms with van der Waals surface area (Å²) >= 11 is 0. The van der Waals surface area contributed by atoms with Gasteiger partial charge in [0.2, 0.25) is 5.82 Å². The average Bonchev–Trinajstić information content (AvgIpc) is 2.43. The summed E-state index contributed by atoms with van der Waals surface area (Å²) in [6, 6.07) is 4.30. The highest BCUT2D eigenvalue weighted by molar-refractivity contribution is 7.50. The zero-order valence-corrected chi connectivity index (χ0v) is 11.6. The van der Waals surface area contributed by atoms with E-state index < -0.39 is 48.4 Å². The number of benzene rings is 2. The van der Waals surface area contributed by atoms with Crippen LogP contribution in [-0.2, 0) is 10.7 Å². The highest BCUT2D eigenvalue weighted by atomic mass is 31.2. The maximum Gasteiger partial charge on any atom is 0.329 e. The Labute approximate surface area is 121 Å². The molecule has 3 nitrogen and oxygen atoms in total. The topological polar surface area (TPSA) is 57.5 Å². The predicted molar refractivity (Wildman–Crippen MR) is 67.4 cm³/mol. The lowest BCUT2D eigenvalue weighted by molar-refractivity contribution is 0.371. The molecule has 0 radical (unpaired) electrons. The third-order valence-electron chi connectivity index (χ3n) is 2.84. The van der Waals surface area contributed by atoms with Crippen molar-refractivity contribution in [1.82, 2.24) is 0 Å². The van der Waals surface area contributed by atoms with Crippen molar-refractivity contribution in [3.05, 3.63) is 58.9 Å². The molecule has 2 aromatic rings. The van der Waals surface area contributed by atoms with Gasteiger partial charge in [-0.1, -0.05) is 24.3 Å². The molecule has 0 spiro atoms. The molecule has 0 aromatic heterocycles. The molecule has 0 atom stereocenters. The largest absolute Gasteiger partial charge is 0.329 e. The summed E-state index contributed by atoms with van der Waals surface area (Å²) in [7, 11) is -4.33. The van der Waals surface area contributed by atoms with E-state index in [4.69, 9.17) is 9.79 Å². The summed E-state index contributed by atoms with van der Waals surface area (Å²) in [5.74, 6) is -10.3. The zero-order chi connectivity index (χ0) is 16.7. The van der Waals surface area contributed by atoms with Crippen LogP contribution in [0.15, 0.2) is 24.3 Å². The molecular formula is C13H8F5O3P. The third-order valence-corrected chi connectivity index (χ3v) is 3.62. The maximum atomic E-state index is 13.6. The molecule has 0 saturated heterocycles. The molecule has 0 aliphatic carbocycles. The zero-order valence-electron chi connectivity index (χ0n) is 10.7. The normalized spacial score (nSPS) is 11.8. The number of rotatable bonds is 3. The maximum absolute atomic E-state index is 13.6. The Bertz CT molecular complexity index is 741. The lowest BCUT2D eigenvalue weighted by Crippen LogP contribution is -2.04. The van der Waals surface area contributed by atoms with E-state index in [1.165, 1.54) is 0 Å². The van der Waals surface area contributed by atoms with Crippen molar-refractivity contribution in [3.63, 3.8) is 0 Å². The van der Waals surface area contributed by atoms with E-state index in [9.17, 15) is 26.5 Å². The molecule has 118 valence electrons. The van der Waals surface area contributed by atoms with E-state index in [-0.39, 0.29) is 11.1 Å². The third kappa shape index (κ3) is 3.19. The van der Waals surface area contributed by atoms with Crippen molar-refractivity contribution in [2.75, 3.05) is 0 Å². The molecule has 2 aromatic carbocycles. The molecule has 0 saturated carbocycles. The molecule has 0 unspecified atom stereocenters. The van der Waals surface area contributed by atoms with Crippen LogP contribution >= 0.6 is 7.60 Å². The molecule has 0 heterocycles. The summed E-state index contributed by atoms with van der Waals surface area (Å²) in [5.41, 5.74) is -1.25. The fraction of sp³-hybridized carbons (Fsp3) is 0.0769. The van der Waals surface area contributed by atoms with E-state index in [2.05, 4.69) is 0 Å². The quantitative estimate of drug-likeness (QED) is 0.388. The first-order chi connectivity index (χ1) is 10.1. The number of halogens is 5. The Morgan fingerprint density at radius 1 is 0.773 bits per heavy atom. The number of hydrogen-bond acceptors (Lipinski definition) is 1. The smallest absolute Gasteiger partial charge is 0.324 e. The molecule has 2 rings (SSSR count). The Balaban J connectivity index is 2.52. The van der Waals surface area contributed by atoms with Crippen LogP contribution < -0.4 is 0 Å². The predicted octanol–water partition coefficient (Wildman–Crippen LogP) is 3.73. The summed E-state index contributed by atoms with van der Waals surface area (Å²) in [6.45, 7) is 0. The Kier molecular flexibility index (Phi) is 4.37. The Morgan fingerprint density at radius 2 is 1.18 bits per heavy atom. The van der Waals surface area contributed by atoms with Gasteiger partial charge in [-0.2, -0.15) is 0 Å². The lowest BCUT2D eigenvalue weighted by atomic mass is 10.0.